The van der Waals surface area contributed by atoms with Gasteiger partial charge in [-0.1, -0.05) is 36.4 Å². The second-order valence-electron chi connectivity index (χ2n) is 6.24. The van der Waals surface area contributed by atoms with Crippen molar-refractivity contribution in [2.24, 2.45) is 0 Å². The first kappa shape index (κ1) is 17.2. The van der Waals surface area contributed by atoms with Crippen LogP contribution in [0.4, 0.5) is 0 Å². The molecule has 3 nitrogen and oxygen atoms in total. The number of nitriles is 1. The summed E-state index contributed by atoms with van der Waals surface area (Å²) in [6.07, 6.45) is 0. The van der Waals surface area contributed by atoms with E-state index in [4.69, 9.17) is 5.26 Å². The second-order valence-corrected chi connectivity index (χ2v) is 6.24. The Bertz CT molecular complexity index is 671. The molecule has 0 radical (unpaired) electrons. The summed E-state index contributed by atoms with van der Waals surface area (Å²) in [6.45, 7) is 6.99. The average molecular weight is 307 g/mol. The van der Waals surface area contributed by atoms with E-state index in [2.05, 4.69) is 61.4 Å². The van der Waals surface area contributed by atoms with Gasteiger partial charge in [0.15, 0.2) is 0 Å². The third-order valence-electron chi connectivity index (χ3n) is 4.02. The van der Waals surface area contributed by atoms with Gasteiger partial charge in [0.05, 0.1) is 11.6 Å². The van der Waals surface area contributed by atoms with Crippen LogP contribution in [0.15, 0.2) is 48.5 Å². The fourth-order valence-corrected chi connectivity index (χ4v) is 2.41. The highest BCUT2D eigenvalue weighted by Gasteiger charge is 2.04. The van der Waals surface area contributed by atoms with Crippen molar-refractivity contribution in [3.8, 4) is 6.07 Å². The summed E-state index contributed by atoms with van der Waals surface area (Å²) in [4.78, 5) is 2.33. The van der Waals surface area contributed by atoms with Gasteiger partial charge in [-0.15, -0.1) is 0 Å². The average Bonchev–Trinajstić information content (AvgIpc) is 2.55. The number of rotatable bonds is 7. The highest BCUT2D eigenvalue weighted by molar-refractivity contribution is 5.32. The SMILES string of the molecule is CC(C)N(C)Cc1cccc(CNCc2cccc(C#N)c2)c1. The lowest BCUT2D eigenvalue weighted by molar-refractivity contribution is 0.266. The molecule has 0 saturated carbocycles. The minimum atomic E-state index is 0.546. The van der Waals surface area contributed by atoms with E-state index in [0.717, 1.165) is 25.2 Å². The van der Waals surface area contributed by atoms with Gasteiger partial charge < -0.3 is 5.32 Å². The van der Waals surface area contributed by atoms with Crippen molar-refractivity contribution in [2.75, 3.05) is 7.05 Å². The largest absolute Gasteiger partial charge is 0.309 e. The van der Waals surface area contributed by atoms with Crippen LogP contribution in [-0.2, 0) is 19.6 Å². The first-order valence-electron chi connectivity index (χ1n) is 8.06. The van der Waals surface area contributed by atoms with Crippen LogP contribution in [0.1, 0.15) is 36.1 Å². The number of hydrogen-bond acceptors (Lipinski definition) is 3. The number of hydrogen-bond donors (Lipinski definition) is 1. The summed E-state index contributed by atoms with van der Waals surface area (Å²) in [5.74, 6) is 0. The zero-order valence-corrected chi connectivity index (χ0v) is 14.2. The van der Waals surface area contributed by atoms with Crippen molar-refractivity contribution in [3.05, 3.63) is 70.8 Å². The molecule has 0 aromatic heterocycles. The lowest BCUT2D eigenvalue weighted by atomic mass is 10.1. The van der Waals surface area contributed by atoms with Gasteiger partial charge in [-0.3, -0.25) is 4.90 Å². The molecule has 0 unspecified atom stereocenters. The third kappa shape index (κ3) is 5.52. The first-order chi connectivity index (χ1) is 11.1. The van der Waals surface area contributed by atoms with E-state index in [1.807, 2.05) is 24.3 Å². The minimum Gasteiger partial charge on any atom is -0.309 e. The van der Waals surface area contributed by atoms with Gasteiger partial charge in [0.1, 0.15) is 0 Å². The van der Waals surface area contributed by atoms with Crippen LogP contribution in [-0.4, -0.2) is 18.0 Å². The van der Waals surface area contributed by atoms with Crippen molar-refractivity contribution in [1.29, 1.82) is 5.26 Å². The van der Waals surface area contributed by atoms with Gasteiger partial charge in [0.25, 0.3) is 0 Å². The Morgan fingerprint density at radius 1 is 1.00 bits per heavy atom. The lowest BCUT2D eigenvalue weighted by Gasteiger charge is -2.21. The van der Waals surface area contributed by atoms with Crippen molar-refractivity contribution in [3.63, 3.8) is 0 Å². The standard InChI is InChI=1S/C20H25N3/c1-16(2)23(3)15-20-9-5-8-19(11-20)14-22-13-18-7-4-6-17(10-18)12-21/h4-11,16,22H,13-15H2,1-3H3. The summed E-state index contributed by atoms with van der Waals surface area (Å²) in [5.41, 5.74) is 4.48. The smallest absolute Gasteiger partial charge is 0.0991 e. The van der Waals surface area contributed by atoms with E-state index in [1.54, 1.807) is 0 Å². The van der Waals surface area contributed by atoms with Crippen molar-refractivity contribution in [2.45, 2.75) is 39.5 Å². The molecular weight excluding hydrogens is 282 g/mol. The Balaban J connectivity index is 1.89. The third-order valence-corrected chi connectivity index (χ3v) is 4.02. The number of nitrogens with one attached hydrogen (secondary N) is 1. The molecule has 120 valence electrons. The maximum atomic E-state index is 8.93. The first-order valence-corrected chi connectivity index (χ1v) is 8.06. The van der Waals surface area contributed by atoms with Gasteiger partial charge in [-0.25, -0.2) is 0 Å². The molecule has 1 N–H and O–H groups in total. The van der Waals surface area contributed by atoms with E-state index >= 15 is 0 Å². The molecule has 2 aromatic rings. The maximum Gasteiger partial charge on any atom is 0.0991 e. The van der Waals surface area contributed by atoms with E-state index < -0.39 is 0 Å². The van der Waals surface area contributed by atoms with E-state index in [-0.39, 0.29) is 0 Å². The molecule has 2 aromatic carbocycles. The molecule has 0 aliphatic carbocycles. The summed E-state index contributed by atoms with van der Waals surface area (Å²) in [6, 6.07) is 19.2. The van der Waals surface area contributed by atoms with Gasteiger partial charge >= 0.3 is 0 Å². The van der Waals surface area contributed by atoms with Crippen molar-refractivity contribution < 1.29 is 0 Å². The minimum absolute atomic E-state index is 0.546. The van der Waals surface area contributed by atoms with Gasteiger partial charge in [-0.05, 0) is 49.7 Å². The Morgan fingerprint density at radius 3 is 2.26 bits per heavy atom. The Kier molecular flexibility index (Phi) is 6.34. The molecular formula is C20H25N3. The Morgan fingerprint density at radius 2 is 1.61 bits per heavy atom. The second kappa shape index (κ2) is 8.47. The Hall–Kier alpha value is -2.15. The van der Waals surface area contributed by atoms with E-state index in [1.165, 1.54) is 11.1 Å². The molecule has 3 heteroatoms. The number of benzene rings is 2. The monoisotopic (exact) mass is 307 g/mol. The maximum absolute atomic E-state index is 8.93. The van der Waals surface area contributed by atoms with Crippen molar-refractivity contribution in [1.82, 2.24) is 10.2 Å². The zero-order valence-electron chi connectivity index (χ0n) is 14.2. The zero-order chi connectivity index (χ0) is 16.7. The molecule has 0 spiro atoms. The van der Waals surface area contributed by atoms with Crippen LogP contribution in [0.2, 0.25) is 0 Å². The predicted octanol–water partition coefficient (Wildman–Crippen LogP) is 3.69. The van der Waals surface area contributed by atoms with Gasteiger partial charge in [-0.2, -0.15) is 5.26 Å². The molecule has 0 bridgehead atoms. The van der Waals surface area contributed by atoms with Crippen LogP contribution >= 0.6 is 0 Å². The fourth-order valence-electron chi connectivity index (χ4n) is 2.41. The van der Waals surface area contributed by atoms with Crippen LogP contribution in [0, 0.1) is 11.3 Å². The van der Waals surface area contributed by atoms with Crippen LogP contribution in [0.5, 0.6) is 0 Å². The van der Waals surface area contributed by atoms with Crippen LogP contribution in [0.3, 0.4) is 0 Å². The molecule has 2 rings (SSSR count). The van der Waals surface area contributed by atoms with Gasteiger partial charge in [0.2, 0.25) is 0 Å². The highest BCUT2D eigenvalue weighted by Crippen LogP contribution is 2.10. The summed E-state index contributed by atoms with van der Waals surface area (Å²) >= 11 is 0. The molecule has 23 heavy (non-hydrogen) atoms. The normalized spacial score (nSPS) is 11.0. The summed E-state index contributed by atoms with van der Waals surface area (Å²) < 4.78 is 0. The molecule has 0 aliphatic rings. The molecule has 0 saturated heterocycles. The number of nitrogens with zero attached hydrogens (tertiary/aromatic N) is 2. The predicted molar refractivity (Wildman–Crippen MR) is 94.7 cm³/mol. The molecule has 0 amide bonds. The quantitative estimate of drug-likeness (QED) is 0.848. The van der Waals surface area contributed by atoms with Gasteiger partial charge in [0, 0.05) is 25.7 Å². The summed E-state index contributed by atoms with van der Waals surface area (Å²) in [7, 11) is 2.15. The van der Waals surface area contributed by atoms with Crippen LogP contribution in [0.25, 0.3) is 0 Å². The molecule has 0 atom stereocenters. The summed E-state index contributed by atoms with van der Waals surface area (Å²) in [5, 5.41) is 12.4. The van der Waals surface area contributed by atoms with E-state index in [0.29, 0.717) is 11.6 Å². The topological polar surface area (TPSA) is 39.1 Å². The molecule has 0 heterocycles. The van der Waals surface area contributed by atoms with E-state index in [9.17, 15) is 0 Å². The molecule has 0 fully saturated rings. The highest BCUT2D eigenvalue weighted by atomic mass is 15.1. The fraction of sp³-hybridized carbons (Fsp3) is 0.350. The lowest BCUT2D eigenvalue weighted by Crippen LogP contribution is -2.25. The van der Waals surface area contributed by atoms with Crippen LogP contribution < -0.4 is 5.32 Å². The molecule has 0 aliphatic heterocycles. The van der Waals surface area contributed by atoms with Crippen molar-refractivity contribution >= 4 is 0 Å². The Labute approximate surface area is 139 Å².